The summed E-state index contributed by atoms with van der Waals surface area (Å²) in [4.78, 5) is 0. The molecule has 0 heterocycles. The molecule has 0 bridgehead atoms. The van der Waals surface area contributed by atoms with Crippen LogP contribution in [0.15, 0.2) is 12.1 Å². The van der Waals surface area contributed by atoms with Gasteiger partial charge in [-0.05, 0) is 56.2 Å². The van der Waals surface area contributed by atoms with Crippen LogP contribution >= 0.6 is 0 Å². The first kappa shape index (κ1) is 12.6. The van der Waals surface area contributed by atoms with Crippen LogP contribution in [-0.2, 0) is 5.60 Å². The van der Waals surface area contributed by atoms with Gasteiger partial charge in [0, 0.05) is 5.56 Å². The average molecular weight is 236 g/mol. The first-order valence-electron chi connectivity index (χ1n) is 6.48. The van der Waals surface area contributed by atoms with Crippen molar-refractivity contribution in [1.29, 1.82) is 0 Å². The average Bonchev–Trinajstić information content (AvgIpc) is 2.58. The summed E-state index contributed by atoms with van der Waals surface area (Å²) in [5, 5.41) is 10.8. The highest BCUT2D eigenvalue weighted by atomic mass is 19.1. The predicted octanol–water partition coefficient (Wildman–Crippen LogP) is 3.84. The minimum atomic E-state index is -0.948. The zero-order valence-corrected chi connectivity index (χ0v) is 10.9. The zero-order valence-electron chi connectivity index (χ0n) is 10.9. The summed E-state index contributed by atoms with van der Waals surface area (Å²) >= 11 is 0. The van der Waals surface area contributed by atoms with Crippen molar-refractivity contribution in [3.05, 3.63) is 34.6 Å². The first-order chi connectivity index (χ1) is 7.99. The van der Waals surface area contributed by atoms with Gasteiger partial charge in [-0.3, -0.25) is 0 Å². The van der Waals surface area contributed by atoms with E-state index in [1.165, 1.54) is 6.07 Å². The van der Waals surface area contributed by atoms with Crippen LogP contribution < -0.4 is 0 Å². The Hall–Kier alpha value is -0.890. The molecule has 0 amide bonds. The number of rotatable bonds is 2. The number of benzene rings is 1. The molecule has 2 unspecified atom stereocenters. The molecule has 1 aromatic carbocycles. The number of hydrogen-bond acceptors (Lipinski definition) is 1. The third kappa shape index (κ3) is 1.99. The molecule has 0 spiro atoms. The first-order valence-corrected chi connectivity index (χ1v) is 6.48. The van der Waals surface area contributed by atoms with Crippen molar-refractivity contribution in [2.45, 2.75) is 52.1 Å². The third-order valence-electron chi connectivity index (χ3n) is 4.14. The summed E-state index contributed by atoms with van der Waals surface area (Å²) in [6.45, 7) is 5.85. The van der Waals surface area contributed by atoms with Gasteiger partial charge in [-0.1, -0.05) is 19.4 Å². The van der Waals surface area contributed by atoms with Gasteiger partial charge in [0.25, 0.3) is 0 Å². The highest BCUT2D eigenvalue weighted by molar-refractivity contribution is 5.37. The van der Waals surface area contributed by atoms with Crippen LogP contribution in [-0.4, -0.2) is 5.11 Å². The molecule has 1 aliphatic rings. The lowest BCUT2D eigenvalue weighted by molar-refractivity contribution is -0.00763. The second-order valence-electron chi connectivity index (χ2n) is 5.36. The Kier molecular flexibility index (Phi) is 3.26. The zero-order chi connectivity index (χ0) is 12.6. The van der Waals surface area contributed by atoms with Crippen LogP contribution in [0.2, 0.25) is 0 Å². The number of aryl methyl sites for hydroxylation is 2. The van der Waals surface area contributed by atoms with E-state index in [1.54, 1.807) is 0 Å². The van der Waals surface area contributed by atoms with Gasteiger partial charge in [0.2, 0.25) is 0 Å². The SMILES string of the molecule is CCC1CCCC1(O)c1c(C)cc(C)cc1F. The quantitative estimate of drug-likeness (QED) is 0.827. The second kappa shape index (κ2) is 4.41. The molecule has 0 saturated heterocycles. The normalized spacial score (nSPS) is 28.6. The van der Waals surface area contributed by atoms with Gasteiger partial charge in [0.05, 0.1) is 5.60 Å². The van der Waals surface area contributed by atoms with Crippen molar-refractivity contribution in [2.24, 2.45) is 5.92 Å². The standard InChI is InChI=1S/C15H21FO/c1-4-12-6-5-7-15(12,17)14-11(3)8-10(2)9-13(14)16/h8-9,12,17H,4-7H2,1-3H3. The van der Waals surface area contributed by atoms with E-state index in [9.17, 15) is 9.50 Å². The Balaban J connectivity index is 2.53. The van der Waals surface area contributed by atoms with Crippen LogP contribution in [0.25, 0.3) is 0 Å². The van der Waals surface area contributed by atoms with Crippen LogP contribution in [0.1, 0.15) is 49.3 Å². The predicted molar refractivity (Wildman–Crippen MR) is 67.4 cm³/mol. The maximum absolute atomic E-state index is 14.2. The number of aliphatic hydroxyl groups is 1. The van der Waals surface area contributed by atoms with Crippen molar-refractivity contribution < 1.29 is 9.50 Å². The molecule has 2 rings (SSSR count). The van der Waals surface area contributed by atoms with Gasteiger partial charge in [0.15, 0.2) is 0 Å². The number of halogens is 1. The molecule has 1 fully saturated rings. The van der Waals surface area contributed by atoms with E-state index < -0.39 is 5.60 Å². The molecule has 2 heteroatoms. The van der Waals surface area contributed by atoms with Crippen molar-refractivity contribution in [2.75, 3.05) is 0 Å². The molecule has 0 aromatic heterocycles. The molecule has 1 nitrogen and oxygen atoms in total. The van der Waals surface area contributed by atoms with Gasteiger partial charge in [0.1, 0.15) is 5.82 Å². The van der Waals surface area contributed by atoms with Crippen molar-refractivity contribution in [3.8, 4) is 0 Å². The van der Waals surface area contributed by atoms with Gasteiger partial charge in [-0.15, -0.1) is 0 Å². The van der Waals surface area contributed by atoms with Gasteiger partial charge in [-0.2, -0.15) is 0 Å². The van der Waals surface area contributed by atoms with E-state index in [0.717, 1.165) is 30.4 Å². The fourth-order valence-corrected chi connectivity index (χ4v) is 3.40. The number of hydrogen-bond donors (Lipinski definition) is 1. The molecule has 0 aliphatic heterocycles. The minimum absolute atomic E-state index is 0.193. The monoisotopic (exact) mass is 236 g/mol. The lowest BCUT2D eigenvalue weighted by Gasteiger charge is -2.32. The van der Waals surface area contributed by atoms with Crippen molar-refractivity contribution in [1.82, 2.24) is 0 Å². The minimum Gasteiger partial charge on any atom is -0.385 e. The summed E-state index contributed by atoms with van der Waals surface area (Å²) < 4.78 is 14.2. The Morgan fingerprint density at radius 1 is 1.41 bits per heavy atom. The topological polar surface area (TPSA) is 20.2 Å². The lowest BCUT2D eigenvalue weighted by atomic mass is 9.80. The van der Waals surface area contributed by atoms with Crippen LogP contribution in [0.4, 0.5) is 4.39 Å². The Morgan fingerprint density at radius 2 is 2.12 bits per heavy atom. The smallest absolute Gasteiger partial charge is 0.129 e. The molecule has 1 N–H and O–H groups in total. The van der Waals surface area contributed by atoms with E-state index in [0.29, 0.717) is 12.0 Å². The van der Waals surface area contributed by atoms with E-state index in [4.69, 9.17) is 0 Å². The molecular formula is C15H21FO. The Bertz CT molecular complexity index is 404. The fourth-order valence-electron chi connectivity index (χ4n) is 3.40. The molecule has 1 aliphatic carbocycles. The fraction of sp³-hybridized carbons (Fsp3) is 0.600. The summed E-state index contributed by atoms with van der Waals surface area (Å²) in [6.07, 6.45) is 3.58. The van der Waals surface area contributed by atoms with Crippen molar-refractivity contribution >= 4 is 0 Å². The summed E-state index contributed by atoms with van der Waals surface area (Å²) in [5.74, 6) is -0.0521. The van der Waals surface area contributed by atoms with Crippen LogP contribution in [0, 0.1) is 25.6 Å². The molecule has 0 radical (unpaired) electrons. The van der Waals surface area contributed by atoms with Crippen LogP contribution in [0.5, 0.6) is 0 Å². The molecule has 17 heavy (non-hydrogen) atoms. The van der Waals surface area contributed by atoms with Crippen LogP contribution in [0.3, 0.4) is 0 Å². The maximum atomic E-state index is 14.2. The van der Waals surface area contributed by atoms with Gasteiger partial charge >= 0.3 is 0 Å². The van der Waals surface area contributed by atoms with Gasteiger partial charge < -0.3 is 5.11 Å². The summed E-state index contributed by atoms with van der Waals surface area (Å²) in [6, 6.07) is 3.49. The van der Waals surface area contributed by atoms with E-state index in [1.807, 2.05) is 19.9 Å². The highest BCUT2D eigenvalue weighted by Gasteiger charge is 2.43. The third-order valence-corrected chi connectivity index (χ3v) is 4.14. The largest absolute Gasteiger partial charge is 0.385 e. The summed E-state index contributed by atoms with van der Waals surface area (Å²) in [5.41, 5.74) is 1.38. The molecule has 94 valence electrons. The Morgan fingerprint density at radius 3 is 2.71 bits per heavy atom. The van der Waals surface area contributed by atoms with E-state index in [2.05, 4.69) is 6.92 Å². The summed E-state index contributed by atoms with van der Waals surface area (Å²) in [7, 11) is 0. The Labute approximate surface area is 103 Å². The second-order valence-corrected chi connectivity index (χ2v) is 5.36. The van der Waals surface area contributed by atoms with E-state index >= 15 is 0 Å². The maximum Gasteiger partial charge on any atom is 0.129 e. The molecular weight excluding hydrogens is 215 g/mol. The van der Waals surface area contributed by atoms with Gasteiger partial charge in [-0.25, -0.2) is 4.39 Å². The molecule has 1 aromatic rings. The lowest BCUT2D eigenvalue weighted by Crippen LogP contribution is -2.32. The molecule has 2 atom stereocenters. The van der Waals surface area contributed by atoms with E-state index in [-0.39, 0.29) is 11.7 Å². The highest BCUT2D eigenvalue weighted by Crippen LogP contribution is 2.47. The molecule has 1 saturated carbocycles. The van der Waals surface area contributed by atoms with Crippen molar-refractivity contribution in [3.63, 3.8) is 0 Å².